The third kappa shape index (κ3) is 5.99. The van der Waals surface area contributed by atoms with Crippen molar-refractivity contribution in [1.29, 1.82) is 0 Å². The van der Waals surface area contributed by atoms with Crippen LogP contribution in [0.5, 0.6) is 0 Å². The number of hydrogen-bond donors (Lipinski definition) is 1. The van der Waals surface area contributed by atoms with E-state index in [1.54, 1.807) is 71.4 Å². The first-order valence-electron chi connectivity index (χ1n) is 22.7. The highest BCUT2D eigenvalue weighted by Crippen LogP contribution is 2.57. The zero-order valence-electron chi connectivity index (χ0n) is 37.7. The molecule has 1 N–H and O–H groups in total. The highest BCUT2D eigenvalue weighted by molar-refractivity contribution is 6.00. The van der Waals surface area contributed by atoms with Crippen molar-refractivity contribution in [3.8, 4) is 17.2 Å². The molecule has 2 saturated heterocycles. The van der Waals surface area contributed by atoms with Crippen LogP contribution in [0.3, 0.4) is 0 Å². The molecule has 0 spiro atoms. The number of aryl methyl sites for hydroxylation is 3. The minimum atomic E-state index is -1.10. The number of nitrogens with zero attached hydrogens (tertiary/aromatic N) is 9. The minimum Gasteiger partial charge on any atom is -0.376 e. The molecule has 3 aromatic carbocycles. The van der Waals surface area contributed by atoms with Crippen LogP contribution in [0.15, 0.2) is 75.2 Å². The van der Waals surface area contributed by atoms with Crippen LogP contribution >= 0.6 is 0 Å². The largest absolute Gasteiger partial charge is 0.438 e. The molecule has 2 bridgehead atoms. The van der Waals surface area contributed by atoms with Gasteiger partial charge in [0.2, 0.25) is 0 Å². The quantitative estimate of drug-likeness (QED) is 0.170. The molecule has 3 aliphatic heterocycles. The summed E-state index contributed by atoms with van der Waals surface area (Å²) < 4.78 is 67.0. The molecule has 1 amide bonds. The number of halogens is 3. The molecule has 5 aromatic heterocycles. The van der Waals surface area contributed by atoms with Crippen LogP contribution in [-0.4, -0.2) is 72.5 Å². The van der Waals surface area contributed by atoms with Crippen LogP contribution in [0.25, 0.3) is 39.0 Å². The number of ether oxygens (including phenoxy) is 1. The van der Waals surface area contributed by atoms with Crippen molar-refractivity contribution < 1.29 is 27.2 Å². The highest BCUT2D eigenvalue weighted by atomic mass is 19.1. The van der Waals surface area contributed by atoms with E-state index in [-0.39, 0.29) is 63.3 Å². The summed E-state index contributed by atoms with van der Waals surface area (Å²) in [7, 11) is 1.71. The normalized spacial score (nSPS) is 23.1. The molecular weight excluding hydrogens is 866 g/mol. The van der Waals surface area contributed by atoms with E-state index in [9.17, 15) is 9.59 Å². The van der Waals surface area contributed by atoms with Crippen LogP contribution < -0.4 is 11.4 Å². The number of carbonyl (C=O) groups is 1. The smallest absolute Gasteiger partial charge is 0.376 e. The monoisotopic (exact) mass is 912 g/mol. The third-order valence-electron chi connectivity index (χ3n) is 15.0. The van der Waals surface area contributed by atoms with E-state index in [0.29, 0.717) is 83.5 Å². The van der Waals surface area contributed by atoms with E-state index < -0.39 is 34.7 Å². The number of nitrogens with one attached hydrogen (secondary N) is 1. The van der Waals surface area contributed by atoms with Gasteiger partial charge in [0.25, 0.3) is 5.91 Å². The number of H-pyrrole nitrogens is 1. The highest BCUT2D eigenvalue weighted by Gasteiger charge is 2.60. The molecular formula is C49H47F3N10O5. The molecule has 5 atom stereocenters. The number of hydrogen-bond acceptors (Lipinski definition) is 8. The van der Waals surface area contributed by atoms with E-state index in [1.807, 2.05) is 31.7 Å². The summed E-state index contributed by atoms with van der Waals surface area (Å²) in [5.41, 5.74) is 2.31. The standard InChI is InChI=1S/C49H47F3N10O5/c1-24-15-31(16-25(2)40(24)51)62-43(59-13-12-58(47(59)65)37-10-9-35-32(41(37)52)23-53-57(35)6)39-34(55-62)20-30-7-8-36(39)60(30)44(63)38-19-29-17-28(27-11-14-66-48(4,5)22-27)18-33(50)42(29)61(38)49(21-26(49)3)45-54-46(64)67-56-45/h9-10,12-13,15-19,23,26-27,30,36H,7-8,11,14,20-22H2,1-6H3,(H,54,56,64)/t26-,27+,30+,36-,49-/m0/s1. The maximum Gasteiger partial charge on any atom is 0.438 e. The Morgan fingerprint density at radius 3 is 2.42 bits per heavy atom. The van der Waals surface area contributed by atoms with Gasteiger partial charge in [-0.3, -0.25) is 28.1 Å². The average molecular weight is 913 g/mol. The minimum absolute atomic E-state index is 0.0239. The second-order valence-electron chi connectivity index (χ2n) is 19.6. The Balaban J connectivity index is 1.03. The first-order valence-corrected chi connectivity index (χ1v) is 22.7. The van der Waals surface area contributed by atoms with Crippen LogP contribution in [-0.2, 0) is 23.7 Å². The molecule has 344 valence electrons. The second kappa shape index (κ2) is 14.3. The van der Waals surface area contributed by atoms with Crippen molar-refractivity contribution in [3.05, 3.63) is 139 Å². The van der Waals surface area contributed by atoms with Gasteiger partial charge in [-0.05, 0) is 131 Å². The van der Waals surface area contributed by atoms with E-state index in [4.69, 9.17) is 14.4 Å². The van der Waals surface area contributed by atoms with Gasteiger partial charge < -0.3 is 14.2 Å². The van der Waals surface area contributed by atoms with Crippen LogP contribution in [0.2, 0.25) is 0 Å². The molecule has 0 unspecified atom stereocenters. The van der Waals surface area contributed by atoms with Gasteiger partial charge in [-0.25, -0.2) is 27.4 Å². The van der Waals surface area contributed by atoms with Gasteiger partial charge >= 0.3 is 11.4 Å². The van der Waals surface area contributed by atoms with Gasteiger partial charge in [0, 0.05) is 49.5 Å². The predicted molar refractivity (Wildman–Crippen MR) is 240 cm³/mol. The molecule has 4 aliphatic rings. The van der Waals surface area contributed by atoms with Gasteiger partial charge in [0.05, 0.1) is 51.3 Å². The number of fused-ring (bicyclic) bond motifs is 6. The maximum atomic E-state index is 17.1. The van der Waals surface area contributed by atoms with Gasteiger partial charge in [0.1, 0.15) is 28.7 Å². The van der Waals surface area contributed by atoms with Crippen molar-refractivity contribution in [2.45, 2.75) is 102 Å². The Labute approximate surface area is 380 Å². The first-order chi connectivity index (χ1) is 32.0. The molecule has 8 aromatic rings. The lowest BCUT2D eigenvalue weighted by Gasteiger charge is -2.36. The fourth-order valence-electron chi connectivity index (χ4n) is 11.8. The molecule has 1 saturated carbocycles. The molecule has 15 nitrogen and oxygen atoms in total. The van der Waals surface area contributed by atoms with Crippen LogP contribution in [0, 0.1) is 37.2 Å². The molecule has 3 fully saturated rings. The predicted octanol–water partition coefficient (Wildman–Crippen LogP) is 7.72. The maximum absolute atomic E-state index is 17.1. The fraction of sp³-hybridized carbons (Fsp3) is 0.388. The number of benzene rings is 3. The van der Waals surface area contributed by atoms with E-state index in [2.05, 4.69) is 15.2 Å². The lowest BCUT2D eigenvalue weighted by atomic mass is 9.83. The number of aromatic amines is 1. The number of carbonyl (C=O) groups excluding carboxylic acids is 1. The van der Waals surface area contributed by atoms with Gasteiger partial charge in [-0.15, -0.1) is 0 Å². The lowest BCUT2D eigenvalue weighted by Crippen LogP contribution is -2.43. The van der Waals surface area contributed by atoms with E-state index in [1.165, 1.54) is 27.6 Å². The molecule has 67 heavy (non-hydrogen) atoms. The Kier molecular flexibility index (Phi) is 8.84. The van der Waals surface area contributed by atoms with Crippen molar-refractivity contribution >= 4 is 27.7 Å². The summed E-state index contributed by atoms with van der Waals surface area (Å²) >= 11 is 0. The molecule has 8 heterocycles. The Morgan fingerprint density at radius 2 is 1.70 bits per heavy atom. The molecule has 1 aliphatic carbocycles. The van der Waals surface area contributed by atoms with Crippen LogP contribution in [0.1, 0.15) is 109 Å². The molecule has 18 heteroatoms. The lowest BCUT2D eigenvalue weighted by molar-refractivity contribution is -0.0593. The summed E-state index contributed by atoms with van der Waals surface area (Å²) in [6.07, 6.45) is 7.78. The average Bonchev–Trinajstić information content (AvgIpc) is 4.00. The zero-order chi connectivity index (χ0) is 46.6. The zero-order valence-corrected chi connectivity index (χ0v) is 37.7. The number of rotatable bonds is 7. The number of aromatic nitrogens is 9. The molecule has 0 radical (unpaired) electrons. The van der Waals surface area contributed by atoms with Gasteiger partial charge in [0.15, 0.2) is 11.6 Å². The number of imidazole rings is 1. The van der Waals surface area contributed by atoms with Crippen molar-refractivity contribution in [1.82, 2.24) is 48.3 Å². The van der Waals surface area contributed by atoms with Crippen molar-refractivity contribution in [3.63, 3.8) is 0 Å². The van der Waals surface area contributed by atoms with Crippen molar-refractivity contribution in [2.75, 3.05) is 6.61 Å². The Hall–Kier alpha value is -6.95. The van der Waals surface area contributed by atoms with Gasteiger partial charge in [-0.2, -0.15) is 10.2 Å². The SMILES string of the molecule is Cc1cc(-n2nc3c(c2-n2ccn(-c4ccc5c(cnn5C)c4F)c2=O)[C@@H]2CC[C@H](C3)N2C(=O)c2cc3cc([C@@H]4CCOC(C)(C)C4)cc(F)c3n2[C@@]2(c3noc(=O)[nH]3)C[C@@H]2C)cc(C)c1F. The fourth-order valence-corrected chi connectivity index (χ4v) is 11.8. The Morgan fingerprint density at radius 1 is 0.940 bits per heavy atom. The summed E-state index contributed by atoms with van der Waals surface area (Å²) in [6.45, 7) is 9.88. The summed E-state index contributed by atoms with van der Waals surface area (Å²) in [4.78, 5) is 47.6. The summed E-state index contributed by atoms with van der Waals surface area (Å²) in [5.74, 6) is -2.21. The summed E-state index contributed by atoms with van der Waals surface area (Å²) in [6, 6.07) is 10.9. The second-order valence-corrected chi connectivity index (χ2v) is 19.6. The van der Waals surface area contributed by atoms with Crippen molar-refractivity contribution in [2.24, 2.45) is 13.0 Å². The first kappa shape index (κ1) is 41.5. The van der Waals surface area contributed by atoms with E-state index >= 15 is 18.0 Å². The third-order valence-corrected chi connectivity index (χ3v) is 15.0. The summed E-state index contributed by atoms with van der Waals surface area (Å²) in [5, 5.41) is 14.2. The molecule has 12 rings (SSSR count). The Bertz CT molecular complexity index is 3510. The van der Waals surface area contributed by atoms with Gasteiger partial charge in [-0.1, -0.05) is 12.1 Å². The topological polar surface area (TPSA) is 156 Å². The van der Waals surface area contributed by atoms with E-state index in [0.717, 1.165) is 12.0 Å². The van der Waals surface area contributed by atoms with Crippen LogP contribution in [0.4, 0.5) is 13.2 Å². The number of amides is 1.